The highest BCUT2D eigenvalue weighted by Crippen LogP contribution is 2.29. The third-order valence-corrected chi connectivity index (χ3v) is 5.91. The molecule has 3 nitrogen and oxygen atoms in total. The van der Waals surface area contributed by atoms with Crippen LogP contribution in [0.5, 0.6) is 0 Å². The summed E-state index contributed by atoms with van der Waals surface area (Å²) in [5.74, 6) is -0.225. The average molecular weight is 395 g/mol. The van der Waals surface area contributed by atoms with Crippen molar-refractivity contribution in [3.05, 3.63) is 93.9 Å². The van der Waals surface area contributed by atoms with Crippen LogP contribution in [0.1, 0.15) is 34.9 Å². The van der Waals surface area contributed by atoms with E-state index in [1.807, 2.05) is 41.8 Å². The molecule has 1 N–H and O–H groups in total. The smallest absolute Gasteiger partial charge is 0.234 e. The molecule has 1 aromatic heterocycles. The molecule has 1 aliphatic carbocycles. The van der Waals surface area contributed by atoms with Crippen LogP contribution in [0.3, 0.4) is 0 Å². The Hall–Kier alpha value is -2.50. The molecule has 2 aromatic carbocycles. The molecule has 4 rings (SSSR count). The quantitative estimate of drug-likeness (QED) is 0.598. The fourth-order valence-electron chi connectivity index (χ4n) is 3.39. The van der Waals surface area contributed by atoms with Gasteiger partial charge in [-0.3, -0.25) is 9.69 Å². The highest BCUT2D eigenvalue weighted by molar-refractivity contribution is 7.10. The summed E-state index contributed by atoms with van der Waals surface area (Å²) in [5.41, 5.74) is 2.11. The van der Waals surface area contributed by atoms with Crippen LogP contribution < -0.4 is 5.32 Å². The van der Waals surface area contributed by atoms with Crippen LogP contribution in [-0.4, -0.2) is 23.4 Å². The predicted molar refractivity (Wildman–Crippen MR) is 111 cm³/mol. The van der Waals surface area contributed by atoms with E-state index in [1.54, 1.807) is 23.5 Å². The Labute approximate surface area is 168 Å². The minimum absolute atomic E-state index is 0.0104. The van der Waals surface area contributed by atoms with Gasteiger partial charge in [0, 0.05) is 17.5 Å². The molecule has 28 heavy (non-hydrogen) atoms. The van der Waals surface area contributed by atoms with Crippen LogP contribution in [0.25, 0.3) is 0 Å². The molecule has 1 atom stereocenters. The van der Waals surface area contributed by atoms with Gasteiger partial charge in [0.1, 0.15) is 5.82 Å². The normalized spacial score (nSPS) is 14.8. The second-order valence-corrected chi connectivity index (χ2v) is 8.17. The molecule has 1 saturated carbocycles. The first-order valence-electron chi connectivity index (χ1n) is 9.55. The second-order valence-electron chi connectivity index (χ2n) is 7.19. The molecular weight excluding hydrogens is 371 g/mol. The van der Waals surface area contributed by atoms with E-state index in [1.165, 1.54) is 12.1 Å². The standard InChI is InChI=1S/C23H23FN2OS/c24-19-10-8-17(9-11-19)15-26(20-12-13-20)16-22(27)25-23(21-7-4-14-28-21)18-5-2-1-3-6-18/h1-11,14,20,23H,12-13,15-16H2,(H,25,27)/t23-/m0/s1. The number of hydrogen-bond donors (Lipinski definition) is 1. The zero-order valence-electron chi connectivity index (χ0n) is 15.6. The van der Waals surface area contributed by atoms with Crippen molar-refractivity contribution in [2.45, 2.75) is 31.5 Å². The third-order valence-electron chi connectivity index (χ3n) is 4.97. The summed E-state index contributed by atoms with van der Waals surface area (Å²) >= 11 is 1.65. The van der Waals surface area contributed by atoms with Crippen molar-refractivity contribution in [3.63, 3.8) is 0 Å². The van der Waals surface area contributed by atoms with Crippen molar-refractivity contribution in [1.82, 2.24) is 10.2 Å². The van der Waals surface area contributed by atoms with Gasteiger partial charge in [-0.05, 0) is 47.5 Å². The molecule has 3 aromatic rings. The fourth-order valence-corrected chi connectivity index (χ4v) is 4.19. The van der Waals surface area contributed by atoms with Gasteiger partial charge in [0.05, 0.1) is 12.6 Å². The maximum absolute atomic E-state index is 13.2. The molecular formula is C23H23FN2OS. The minimum Gasteiger partial charge on any atom is -0.343 e. The van der Waals surface area contributed by atoms with Crippen LogP contribution in [0.15, 0.2) is 72.1 Å². The summed E-state index contributed by atoms with van der Waals surface area (Å²) in [6.45, 7) is 1.00. The highest BCUT2D eigenvalue weighted by Gasteiger charge is 2.31. The van der Waals surface area contributed by atoms with Crippen LogP contribution in [0, 0.1) is 5.82 Å². The van der Waals surface area contributed by atoms with Crippen LogP contribution in [-0.2, 0) is 11.3 Å². The summed E-state index contributed by atoms with van der Waals surface area (Å²) in [5, 5.41) is 5.24. The van der Waals surface area contributed by atoms with Gasteiger partial charge >= 0.3 is 0 Å². The zero-order chi connectivity index (χ0) is 19.3. The van der Waals surface area contributed by atoms with Crippen LogP contribution in [0.2, 0.25) is 0 Å². The largest absolute Gasteiger partial charge is 0.343 e. The molecule has 1 amide bonds. The number of carbonyl (C=O) groups excluding carboxylic acids is 1. The fraction of sp³-hybridized carbons (Fsp3) is 0.261. The van der Waals surface area contributed by atoms with Gasteiger partial charge in [-0.15, -0.1) is 11.3 Å². The number of nitrogens with zero attached hydrogens (tertiary/aromatic N) is 1. The maximum atomic E-state index is 13.2. The van der Waals surface area contributed by atoms with Crippen LogP contribution >= 0.6 is 11.3 Å². The van der Waals surface area contributed by atoms with Gasteiger partial charge < -0.3 is 5.32 Å². The van der Waals surface area contributed by atoms with E-state index in [0.29, 0.717) is 19.1 Å². The summed E-state index contributed by atoms with van der Waals surface area (Å²) in [6, 6.07) is 21.0. The number of benzene rings is 2. The van der Waals surface area contributed by atoms with Crippen molar-refractivity contribution >= 4 is 17.2 Å². The molecule has 0 unspecified atom stereocenters. The van der Waals surface area contributed by atoms with Gasteiger partial charge in [-0.1, -0.05) is 48.5 Å². The number of halogens is 1. The molecule has 0 saturated heterocycles. The van der Waals surface area contributed by atoms with E-state index in [4.69, 9.17) is 0 Å². The van der Waals surface area contributed by atoms with Crippen molar-refractivity contribution in [1.29, 1.82) is 0 Å². The highest BCUT2D eigenvalue weighted by atomic mass is 32.1. The summed E-state index contributed by atoms with van der Waals surface area (Å²) in [7, 11) is 0. The topological polar surface area (TPSA) is 32.3 Å². The Morgan fingerprint density at radius 1 is 1.07 bits per heavy atom. The molecule has 1 fully saturated rings. The van der Waals surface area contributed by atoms with Gasteiger partial charge in [-0.2, -0.15) is 0 Å². The number of nitrogens with one attached hydrogen (secondary N) is 1. The lowest BCUT2D eigenvalue weighted by atomic mass is 10.1. The molecule has 0 bridgehead atoms. The van der Waals surface area contributed by atoms with E-state index in [-0.39, 0.29) is 17.8 Å². The molecule has 144 valence electrons. The first-order valence-corrected chi connectivity index (χ1v) is 10.4. The van der Waals surface area contributed by atoms with Crippen molar-refractivity contribution in [2.24, 2.45) is 0 Å². The Morgan fingerprint density at radius 3 is 2.46 bits per heavy atom. The van der Waals surface area contributed by atoms with Crippen LogP contribution in [0.4, 0.5) is 4.39 Å². The number of thiophene rings is 1. The zero-order valence-corrected chi connectivity index (χ0v) is 16.4. The lowest BCUT2D eigenvalue weighted by molar-refractivity contribution is -0.123. The lowest BCUT2D eigenvalue weighted by Crippen LogP contribution is -2.39. The molecule has 1 heterocycles. The first kappa shape index (κ1) is 18.8. The average Bonchev–Trinajstić information content (AvgIpc) is 3.42. The molecule has 0 aliphatic heterocycles. The number of amides is 1. The molecule has 5 heteroatoms. The van der Waals surface area contributed by atoms with Crippen molar-refractivity contribution in [2.75, 3.05) is 6.54 Å². The summed E-state index contributed by atoms with van der Waals surface area (Å²) < 4.78 is 13.2. The number of hydrogen-bond acceptors (Lipinski definition) is 3. The molecule has 0 spiro atoms. The predicted octanol–water partition coefficient (Wildman–Crippen LogP) is 4.76. The third kappa shape index (κ3) is 4.86. The SMILES string of the molecule is O=C(CN(Cc1ccc(F)cc1)C1CC1)N[C@@H](c1ccccc1)c1cccs1. The first-order chi connectivity index (χ1) is 13.7. The van der Waals surface area contributed by atoms with E-state index in [0.717, 1.165) is 28.8 Å². The van der Waals surface area contributed by atoms with E-state index < -0.39 is 0 Å². The molecule has 1 aliphatic rings. The van der Waals surface area contributed by atoms with Gasteiger partial charge in [0.15, 0.2) is 0 Å². The van der Waals surface area contributed by atoms with E-state index >= 15 is 0 Å². The van der Waals surface area contributed by atoms with Gasteiger partial charge in [0.2, 0.25) is 5.91 Å². The Bertz CT molecular complexity index is 892. The summed E-state index contributed by atoms with van der Waals surface area (Å²) in [4.78, 5) is 16.2. The molecule has 0 radical (unpaired) electrons. The van der Waals surface area contributed by atoms with Gasteiger partial charge in [0.25, 0.3) is 0 Å². The second kappa shape index (κ2) is 8.67. The summed E-state index contributed by atoms with van der Waals surface area (Å²) in [6.07, 6.45) is 2.23. The maximum Gasteiger partial charge on any atom is 0.234 e. The Kier molecular flexibility index (Phi) is 5.84. The number of rotatable bonds is 8. The van der Waals surface area contributed by atoms with E-state index in [2.05, 4.69) is 16.3 Å². The Balaban J connectivity index is 1.45. The van der Waals surface area contributed by atoms with Crippen molar-refractivity contribution < 1.29 is 9.18 Å². The monoisotopic (exact) mass is 394 g/mol. The van der Waals surface area contributed by atoms with Gasteiger partial charge in [-0.25, -0.2) is 4.39 Å². The Morgan fingerprint density at radius 2 is 1.82 bits per heavy atom. The number of carbonyl (C=O) groups is 1. The van der Waals surface area contributed by atoms with Crippen molar-refractivity contribution in [3.8, 4) is 0 Å². The minimum atomic E-state index is -0.235. The lowest BCUT2D eigenvalue weighted by Gasteiger charge is -2.24. The van der Waals surface area contributed by atoms with E-state index in [9.17, 15) is 9.18 Å².